The van der Waals surface area contributed by atoms with E-state index in [0.717, 1.165) is 18.9 Å². The molecule has 2 heterocycles. The van der Waals surface area contributed by atoms with E-state index in [4.69, 9.17) is 10.4 Å². The molecule has 1 aliphatic heterocycles. The molecule has 0 radical (unpaired) electrons. The van der Waals surface area contributed by atoms with Gasteiger partial charge in [-0.25, -0.2) is 4.98 Å². The van der Waals surface area contributed by atoms with Crippen molar-refractivity contribution in [3.63, 3.8) is 0 Å². The second-order valence-corrected chi connectivity index (χ2v) is 4.94. The first-order valence-electron chi connectivity index (χ1n) is 7.12. The molecule has 2 rings (SSSR count). The lowest BCUT2D eigenvalue weighted by Crippen LogP contribution is -2.44. The van der Waals surface area contributed by atoms with Crippen LogP contribution in [0.2, 0.25) is 0 Å². The Bertz CT molecular complexity index is 630. The average molecular weight is 315 g/mol. The van der Waals surface area contributed by atoms with Crippen molar-refractivity contribution in [2.45, 2.75) is 0 Å². The Morgan fingerprint density at radius 3 is 2.65 bits per heavy atom. The first-order valence-corrected chi connectivity index (χ1v) is 7.12. The van der Waals surface area contributed by atoms with Crippen molar-refractivity contribution in [3.8, 4) is 6.07 Å². The number of piperazine rings is 1. The maximum absolute atomic E-state index is 11.7. The molecule has 23 heavy (non-hydrogen) atoms. The highest BCUT2D eigenvalue weighted by molar-refractivity contribution is 5.98. The third-order valence-corrected chi connectivity index (χ3v) is 3.36. The zero-order valence-electron chi connectivity index (χ0n) is 12.5. The molecule has 0 bridgehead atoms. The summed E-state index contributed by atoms with van der Waals surface area (Å²) in [6, 6.07) is 7.52. The van der Waals surface area contributed by atoms with E-state index >= 15 is 0 Å². The molecule has 1 aromatic rings. The van der Waals surface area contributed by atoms with Crippen molar-refractivity contribution >= 4 is 17.7 Å². The first-order chi connectivity index (χ1) is 11.1. The highest BCUT2D eigenvalue weighted by atomic mass is 16.4. The molecule has 1 amide bonds. The number of aromatic nitrogens is 1. The van der Waals surface area contributed by atoms with Gasteiger partial charge in [-0.1, -0.05) is 6.07 Å². The van der Waals surface area contributed by atoms with Gasteiger partial charge >= 0.3 is 5.97 Å². The second-order valence-electron chi connectivity index (χ2n) is 4.94. The molecule has 0 atom stereocenters. The largest absolute Gasteiger partial charge is 0.480 e. The summed E-state index contributed by atoms with van der Waals surface area (Å²) in [5.41, 5.74) is -0.0995. The molecule has 0 aromatic carbocycles. The maximum atomic E-state index is 11.7. The smallest absolute Gasteiger partial charge is 0.322 e. The van der Waals surface area contributed by atoms with Crippen molar-refractivity contribution in [3.05, 3.63) is 36.2 Å². The number of nitriles is 1. The number of hydrogen-bond acceptors (Lipinski definition) is 6. The lowest BCUT2D eigenvalue weighted by molar-refractivity contribution is -0.137. The molecule has 0 aliphatic carbocycles. The molecule has 8 nitrogen and oxygen atoms in total. The number of nitrogens with one attached hydrogen (secondary N) is 1. The molecular weight excluding hydrogens is 298 g/mol. The third kappa shape index (κ3) is 4.71. The molecule has 0 spiro atoms. The Labute approximate surface area is 133 Å². The van der Waals surface area contributed by atoms with Crippen LogP contribution in [0.15, 0.2) is 36.2 Å². The molecule has 1 saturated heterocycles. The van der Waals surface area contributed by atoms with Crippen LogP contribution in [0.1, 0.15) is 0 Å². The minimum atomic E-state index is -1.15. The van der Waals surface area contributed by atoms with Gasteiger partial charge in [0.05, 0.1) is 0 Å². The van der Waals surface area contributed by atoms with Crippen molar-refractivity contribution in [2.75, 3.05) is 37.6 Å². The molecule has 1 fully saturated rings. The fourth-order valence-corrected chi connectivity index (χ4v) is 2.19. The van der Waals surface area contributed by atoms with E-state index in [1.165, 1.54) is 6.20 Å². The van der Waals surface area contributed by atoms with Crippen molar-refractivity contribution < 1.29 is 14.7 Å². The number of carbonyl (C=O) groups is 2. The van der Waals surface area contributed by atoms with Gasteiger partial charge in [-0.2, -0.15) is 5.26 Å². The zero-order chi connectivity index (χ0) is 16.7. The summed E-state index contributed by atoms with van der Waals surface area (Å²) in [7, 11) is 0. The first kappa shape index (κ1) is 16.3. The summed E-state index contributed by atoms with van der Waals surface area (Å²) < 4.78 is 0. The number of carboxylic acids is 1. The van der Waals surface area contributed by atoms with E-state index in [-0.39, 0.29) is 5.57 Å². The van der Waals surface area contributed by atoms with Crippen LogP contribution in [0.5, 0.6) is 0 Å². The second kappa shape index (κ2) is 7.79. The standard InChI is InChI=1S/C15H17N5O3/c16-9-12(15(23)18-10-14(21)22)11-19-5-7-20(8-6-19)13-3-1-2-4-17-13/h1-4,11H,5-8,10H2,(H,18,23)(H,21,22)/b12-11-. The predicted octanol–water partition coefficient (Wildman–Crippen LogP) is -0.188. The van der Waals surface area contributed by atoms with Crippen LogP contribution in [0.4, 0.5) is 5.82 Å². The van der Waals surface area contributed by atoms with Crippen LogP contribution in [-0.4, -0.2) is 59.6 Å². The lowest BCUT2D eigenvalue weighted by Gasteiger charge is -2.34. The Morgan fingerprint density at radius 2 is 2.09 bits per heavy atom. The fraction of sp³-hybridized carbons (Fsp3) is 0.333. The summed E-state index contributed by atoms with van der Waals surface area (Å²) in [6.07, 6.45) is 3.22. The number of carbonyl (C=O) groups excluding carboxylic acids is 1. The number of rotatable bonds is 5. The van der Waals surface area contributed by atoms with E-state index in [1.54, 1.807) is 12.3 Å². The van der Waals surface area contributed by atoms with Gasteiger partial charge in [0.1, 0.15) is 24.0 Å². The highest BCUT2D eigenvalue weighted by Gasteiger charge is 2.18. The van der Waals surface area contributed by atoms with Gasteiger partial charge in [-0.05, 0) is 12.1 Å². The molecule has 1 aromatic heterocycles. The minimum absolute atomic E-state index is 0.0995. The van der Waals surface area contributed by atoms with E-state index < -0.39 is 18.4 Å². The van der Waals surface area contributed by atoms with Gasteiger partial charge in [0.2, 0.25) is 0 Å². The van der Waals surface area contributed by atoms with Crippen molar-refractivity contribution in [1.29, 1.82) is 5.26 Å². The van der Waals surface area contributed by atoms with E-state index in [9.17, 15) is 9.59 Å². The predicted molar refractivity (Wildman–Crippen MR) is 82.4 cm³/mol. The van der Waals surface area contributed by atoms with Gasteiger partial charge < -0.3 is 20.2 Å². The van der Waals surface area contributed by atoms with Crippen LogP contribution >= 0.6 is 0 Å². The number of aliphatic carboxylic acids is 1. The Balaban J connectivity index is 1.92. The van der Waals surface area contributed by atoms with E-state index in [2.05, 4.69) is 15.2 Å². The number of amides is 1. The maximum Gasteiger partial charge on any atom is 0.322 e. The zero-order valence-corrected chi connectivity index (χ0v) is 12.5. The molecule has 0 unspecified atom stereocenters. The molecule has 8 heteroatoms. The number of carboxylic acid groups (broad SMARTS) is 1. The van der Waals surface area contributed by atoms with Crippen LogP contribution in [0, 0.1) is 11.3 Å². The van der Waals surface area contributed by atoms with E-state index in [0.29, 0.717) is 13.1 Å². The Hall–Kier alpha value is -3.08. The molecule has 120 valence electrons. The van der Waals surface area contributed by atoms with Gasteiger partial charge in [0, 0.05) is 38.6 Å². The SMILES string of the molecule is N#C/C(=C/N1CCN(c2ccccn2)CC1)C(=O)NCC(=O)O. The quantitative estimate of drug-likeness (QED) is 0.572. The molecular formula is C15H17N5O3. The van der Waals surface area contributed by atoms with Crippen molar-refractivity contribution in [2.24, 2.45) is 0 Å². The Kier molecular flexibility index (Phi) is 5.52. The number of nitrogens with zero attached hydrogens (tertiary/aromatic N) is 4. The van der Waals surface area contributed by atoms with Crippen LogP contribution in [-0.2, 0) is 9.59 Å². The summed E-state index contributed by atoms with van der Waals surface area (Å²) in [6.45, 7) is 2.24. The monoisotopic (exact) mass is 315 g/mol. The summed E-state index contributed by atoms with van der Waals surface area (Å²) in [5, 5.41) is 19.8. The van der Waals surface area contributed by atoms with Gasteiger partial charge in [-0.15, -0.1) is 0 Å². The topological polar surface area (TPSA) is 110 Å². The average Bonchev–Trinajstić information content (AvgIpc) is 2.59. The van der Waals surface area contributed by atoms with Crippen LogP contribution in [0.3, 0.4) is 0 Å². The number of hydrogen-bond donors (Lipinski definition) is 2. The lowest BCUT2D eigenvalue weighted by atomic mass is 10.2. The van der Waals surface area contributed by atoms with Crippen LogP contribution < -0.4 is 10.2 Å². The number of anilines is 1. The highest BCUT2D eigenvalue weighted by Crippen LogP contribution is 2.13. The van der Waals surface area contributed by atoms with E-state index in [1.807, 2.05) is 23.1 Å². The third-order valence-electron chi connectivity index (χ3n) is 3.36. The van der Waals surface area contributed by atoms with Crippen molar-refractivity contribution in [1.82, 2.24) is 15.2 Å². The minimum Gasteiger partial charge on any atom is -0.480 e. The Morgan fingerprint density at radius 1 is 1.35 bits per heavy atom. The van der Waals surface area contributed by atoms with Crippen LogP contribution in [0.25, 0.3) is 0 Å². The van der Waals surface area contributed by atoms with Gasteiger partial charge in [0.15, 0.2) is 0 Å². The number of pyridine rings is 1. The fourth-order valence-electron chi connectivity index (χ4n) is 2.19. The summed E-state index contributed by atoms with van der Waals surface area (Å²) in [4.78, 5) is 30.5. The molecule has 2 N–H and O–H groups in total. The van der Waals surface area contributed by atoms with Gasteiger partial charge in [-0.3, -0.25) is 9.59 Å². The molecule has 1 aliphatic rings. The summed E-state index contributed by atoms with van der Waals surface area (Å²) in [5.74, 6) is -0.933. The van der Waals surface area contributed by atoms with Gasteiger partial charge in [0.25, 0.3) is 5.91 Å². The normalized spacial score (nSPS) is 15.0. The molecule has 0 saturated carbocycles. The summed E-state index contributed by atoms with van der Waals surface area (Å²) >= 11 is 0.